The number of aromatic nitrogens is 3. The van der Waals surface area contributed by atoms with Crippen molar-refractivity contribution in [1.82, 2.24) is 15.2 Å². The third-order valence-corrected chi connectivity index (χ3v) is 2.47. The molecule has 0 amide bonds. The molecule has 86 valence electrons. The number of nitrogens with zero attached hydrogens (tertiary/aromatic N) is 3. The largest absolute Gasteiger partial charge is 0.378 e. The predicted molar refractivity (Wildman–Crippen MR) is 64.3 cm³/mol. The van der Waals surface area contributed by atoms with Crippen LogP contribution in [0.25, 0.3) is 0 Å². The van der Waals surface area contributed by atoms with E-state index in [1.54, 1.807) is 6.20 Å². The number of nitriles is 1. The molecule has 17 heavy (non-hydrogen) atoms. The minimum absolute atomic E-state index is 0.593. The Balaban J connectivity index is 2.23. The molecular formula is C12H13N5. The Morgan fingerprint density at radius 1 is 1.47 bits per heavy atom. The zero-order valence-corrected chi connectivity index (χ0v) is 9.78. The number of rotatable bonds is 3. The molecular weight excluding hydrogens is 214 g/mol. The number of hydrogen-bond donors (Lipinski definition) is 2. The fraction of sp³-hybridized carbons (Fsp3) is 0.250. The molecule has 5 heteroatoms. The average molecular weight is 227 g/mol. The first-order valence-corrected chi connectivity index (χ1v) is 5.31. The summed E-state index contributed by atoms with van der Waals surface area (Å²) in [5.74, 6) is 0. The molecule has 0 aliphatic rings. The topological polar surface area (TPSA) is 77.4 Å². The summed E-state index contributed by atoms with van der Waals surface area (Å²) in [6, 6.07) is 5.94. The Morgan fingerprint density at radius 3 is 2.94 bits per heavy atom. The number of aromatic amines is 1. The monoisotopic (exact) mass is 227 g/mol. The van der Waals surface area contributed by atoms with Gasteiger partial charge in [0.15, 0.2) is 0 Å². The van der Waals surface area contributed by atoms with E-state index in [0.29, 0.717) is 12.1 Å². The molecule has 0 spiro atoms. The van der Waals surface area contributed by atoms with Crippen LogP contribution in [0.4, 0.5) is 5.69 Å². The van der Waals surface area contributed by atoms with Gasteiger partial charge in [-0.3, -0.25) is 10.1 Å². The normalized spacial score (nSPS) is 9.94. The van der Waals surface area contributed by atoms with Crippen molar-refractivity contribution in [1.29, 1.82) is 5.26 Å². The first kappa shape index (κ1) is 11.1. The molecule has 0 fully saturated rings. The highest BCUT2D eigenvalue weighted by Crippen LogP contribution is 2.19. The van der Waals surface area contributed by atoms with Crippen LogP contribution >= 0.6 is 0 Å². The Hall–Kier alpha value is -2.35. The summed E-state index contributed by atoms with van der Waals surface area (Å²) in [4.78, 5) is 4.27. The molecule has 2 aromatic heterocycles. The van der Waals surface area contributed by atoms with Gasteiger partial charge >= 0.3 is 0 Å². The van der Waals surface area contributed by atoms with E-state index in [1.807, 2.05) is 26.0 Å². The van der Waals surface area contributed by atoms with Crippen LogP contribution in [0.5, 0.6) is 0 Å². The van der Waals surface area contributed by atoms with E-state index in [2.05, 4.69) is 26.6 Å². The number of anilines is 1. The molecule has 5 nitrogen and oxygen atoms in total. The minimum atomic E-state index is 0.593. The van der Waals surface area contributed by atoms with Crippen molar-refractivity contribution in [2.75, 3.05) is 5.32 Å². The van der Waals surface area contributed by atoms with E-state index in [0.717, 1.165) is 22.8 Å². The SMILES string of the molecule is Cc1cc(NCc2ccn[nH]2)c(C#N)c(C)n1. The van der Waals surface area contributed by atoms with E-state index >= 15 is 0 Å². The predicted octanol–water partition coefficient (Wildman–Crippen LogP) is 1.91. The van der Waals surface area contributed by atoms with Crippen LogP contribution in [-0.4, -0.2) is 15.2 Å². The summed E-state index contributed by atoms with van der Waals surface area (Å²) < 4.78 is 0. The van der Waals surface area contributed by atoms with E-state index in [-0.39, 0.29) is 0 Å². The standard InChI is InChI=1S/C12H13N5/c1-8-5-12(11(6-13)9(2)16-8)14-7-10-3-4-15-17-10/h3-5H,7H2,1-2H3,(H,14,16)(H,15,17). The van der Waals surface area contributed by atoms with Gasteiger partial charge in [0, 0.05) is 11.9 Å². The Labute approximate surface area is 99.5 Å². The highest BCUT2D eigenvalue weighted by molar-refractivity contribution is 5.59. The maximum absolute atomic E-state index is 9.10. The Kier molecular flexibility index (Phi) is 3.06. The highest BCUT2D eigenvalue weighted by atomic mass is 15.1. The van der Waals surface area contributed by atoms with E-state index in [9.17, 15) is 0 Å². The number of nitrogens with one attached hydrogen (secondary N) is 2. The molecule has 2 aromatic rings. The molecule has 0 aliphatic heterocycles. The summed E-state index contributed by atoms with van der Waals surface area (Å²) >= 11 is 0. The van der Waals surface area contributed by atoms with Gasteiger partial charge in [0.25, 0.3) is 0 Å². The summed E-state index contributed by atoms with van der Waals surface area (Å²) in [6.07, 6.45) is 1.70. The summed E-state index contributed by atoms with van der Waals surface area (Å²) in [5, 5.41) is 19.0. The number of aryl methyl sites for hydroxylation is 2. The van der Waals surface area contributed by atoms with E-state index < -0.39 is 0 Å². The fourth-order valence-corrected chi connectivity index (χ4v) is 1.68. The van der Waals surface area contributed by atoms with Crippen LogP contribution in [-0.2, 0) is 6.54 Å². The summed E-state index contributed by atoms with van der Waals surface area (Å²) in [6.45, 7) is 4.36. The summed E-state index contributed by atoms with van der Waals surface area (Å²) in [5.41, 5.74) is 4.02. The van der Waals surface area contributed by atoms with Crippen molar-refractivity contribution in [2.24, 2.45) is 0 Å². The maximum atomic E-state index is 9.10. The van der Waals surface area contributed by atoms with Crippen molar-refractivity contribution in [2.45, 2.75) is 20.4 Å². The van der Waals surface area contributed by atoms with Gasteiger partial charge in [-0.1, -0.05) is 0 Å². The zero-order chi connectivity index (χ0) is 12.3. The first-order valence-electron chi connectivity index (χ1n) is 5.31. The van der Waals surface area contributed by atoms with Crippen LogP contribution < -0.4 is 5.32 Å². The number of H-pyrrole nitrogens is 1. The van der Waals surface area contributed by atoms with Gasteiger partial charge in [-0.25, -0.2) is 0 Å². The van der Waals surface area contributed by atoms with Crippen molar-refractivity contribution < 1.29 is 0 Å². The lowest BCUT2D eigenvalue weighted by Crippen LogP contribution is -2.04. The van der Waals surface area contributed by atoms with Gasteiger partial charge < -0.3 is 5.32 Å². The zero-order valence-electron chi connectivity index (χ0n) is 9.78. The lowest BCUT2D eigenvalue weighted by atomic mass is 10.1. The molecule has 0 saturated heterocycles. The first-order chi connectivity index (χ1) is 8.20. The lowest BCUT2D eigenvalue weighted by Gasteiger charge is -2.09. The van der Waals surface area contributed by atoms with Gasteiger partial charge in [-0.2, -0.15) is 10.4 Å². The van der Waals surface area contributed by atoms with Gasteiger partial charge in [-0.15, -0.1) is 0 Å². The molecule has 2 heterocycles. The van der Waals surface area contributed by atoms with Crippen molar-refractivity contribution in [3.63, 3.8) is 0 Å². The second kappa shape index (κ2) is 4.66. The Bertz CT molecular complexity index is 551. The van der Waals surface area contributed by atoms with E-state index in [4.69, 9.17) is 5.26 Å². The number of pyridine rings is 1. The molecule has 0 aromatic carbocycles. The highest BCUT2D eigenvalue weighted by Gasteiger charge is 2.07. The second-order valence-corrected chi connectivity index (χ2v) is 3.82. The third kappa shape index (κ3) is 2.42. The molecule has 0 bridgehead atoms. The molecule has 0 radical (unpaired) electrons. The summed E-state index contributed by atoms with van der Waals surface area (Å²) in [7, 11) is 0. The average Bonchev–Trinajstić information content (AvgIpc) is 2.78. The van der Waals surface area contributed by atoms with Crippen molar-refractivity contribution >= 4 is 5.69 Å². The van der Waals surface area contributed by atoms with Crippen molar-refractivity contribution in [3.8, 4) is 6.07 Å². The molecule has 0 saturated carbocycles. The quantitative estimate of drug-likeness (QED) is 0.839. The molecule has 2 rings (SSSR count). The molecule has 0 atom stereocenters. The molecule has 2 N–H and O–H groups in total. The van der Waals surface area contributed by atoms with E-state index in [1.165, 1.54) is 0 Å². The van der Waals surface area contributed by atoms with Crippen LogP contribution in [0.2, 0.25) is 0 Å². The number of hydrogen-bond acceptors (Lipinski definition) is 4. The van der Waals surface area contributed by atoms with Gasteiger partial charge in [-0.05, 0) is 26.0 Å². The van der Waals surface area contributed by atoms with Crippen LogP contribution in [0.3, 0.4) is 0 Å². The van der Waals surface area contributed by atoms with Crippen molar-refractivity contribution in [3.05, 3.63) is 41.0 Å². The van der Waals surface area contributed by atoms with Gasteiger partial charge in [0.2, 0.25) is 0 Å². The Morgan fingerprint density at radius 2 is 2.29 bits per heavy atom. The molecule has 0 aliphatic carbocycles. The van der Waals surface area contributed by atoms with Gasteiger partial charge in [0.1, 0.15) is 6.07 Å². The van der Waals surface area contributed by atoms with Crippen LogP contribution in [0.1, 0.15) is 22.6 Å². The smallest absolute Gasteiger partial charge is 0.103 e. The lowest BCUT2D eigenvalue weighted by molar-refractivity contribution is 0.977. The minimum Gasteiger partial charge on any atom is -0.378 e. The van der Waals surface area contributed by atoms with Crippen LogP contribution in [0, 0.1) is 25.2 Å². The molecule has 0 unspecified atom stereocenters. The fourth-order valence-electron chi connectivity index (χ4n) is 1.68. The second-order valence-electron chi connectivity index (χ2n) is 3.82. The maximum Gasteiger partial charge on any atom is 0.103 e. The van der Waals surface area contributed by atoms with Crippen LogP contribution in [0.15, 0.2) is 18.3 Å². The van der Waals surface area contributed by atoms with Gasteiger partial charge in [0.05, 0.1) is 29.2 Å². The third-order valence-electron chi connectivity index (χ3n) is 2.47.